The van der Waals surface area contributed by atoms with Gasteiger partial charge in [-0.15, -0.1) is 0 Å². The number of aliphatic hydroxyl groups excluding tert-OH is 2. The summed E-state index contributed by atoms with van der Waals surface area (Å²) in [6.07, 6.45) is 41.9. The van der Waals surface area contributed by atoms with Gasteiger partial charge in [0.2, 0.25) is 0 Å². The van der Waals surface area contributed by atoms with Gasteiger partial charge in [0, 0.05) is 54.3 Å². The van der Waals surface area contributed by atoms with Gasteiger partial charge in [0.1, 0.15) is 11.8 Å². The van der Waals surface area contributed by atoms with Crippen molar-refractivity contribution in [1.82, 2.24) is 0 Å². The van der Waals surface area contributed by atoms with E-state index in [4.69, 9.17) is 4.74 Å². The second kappa shape index (κ2) is 25.4. The molecular formula is C85H127FO10. The Morgan fingerprint density at radius 3 is 1.41 bits per heavy atom. The van der Waals surface area contributed by atoms with E-state index < -0.39 is 33.8 Å². The number of carbonyl (C=O) groups excluding carboxylic acids is 5. The molecule has 4 N–H and O–H groups in total. The van der Waals surface area contributed by atoms with Crippen molar-refractivity contribution < 1.29 is 53.5 Å². The molecule has 12 fully saturated rings. The summed E-state index contributed by atoms with van der Waals surface area (Å²) in [5.74, 6) is 7.50. The molecule has 0 unspecified atom stereocenters. The zero-order valence-electron chi connectivity index (χ0n) is 61.5. The Balaban J connectivity index is 0.000000117. The molecule has 0 bridgehead atoms. The Morgan fingerprint density at radius 2 is 0.865 bits per heavy atom. The van der Waals surface area contributed by atoms with E-state index in [-0.39, 0.29) is 68.3 Å². The SMILES string of the molecule is CCCCCCC(=O)O[C@H]1CC[C@H]2[C@@H]3CCC4=CC(=O)CC[C@]4(C)[C@H]3CC[C@]12C.C[C@]1(O)CC[C@H]2[C@@H]3CCC4=CC(=O)CC[C@]4(C)[C@@]3(F)[C@@H](O)C[C@@]21C.C[C@]12CCC(=O)C=C1CC[C@@H]1[C@@H]2CC[C@@]2(C)[C@H]1CC[C@]2(C)O.C[C@]12CC[C@H]3[C@@H](CCC4=CC(=O)CC[C@@]43C)[C@@H]1CC[C@@H]2O. The summed E-state index contributed by atoms with van der Waals surface area (Å²) in [5, 5.41) is 43.2. The number of halogens is 1. The summed E-state index contributed by atoms with van der Waals surface area (Å²) in [5.41, 5.74) is 2.20. The average molecular weight is 1330 g/mol. The lowest BCUT2D eigenvalue weighted by molar-refractivity contribution is -0.225. The number of hydrogen-bond acceptors (Lipinski definition) is 10. The molecule has 0 aromatic rings. The summed E-state index contributed by atoms with van der Waals surface area (Å²) in [7, 11) is 0. The standard InChI is InChI=1S/C26H40O3.C20H29FO3.C20H30O2.C19H28O2/c1-4-5-6-7-8-24(28)29-23-12-11-21-20-10-9-18-17-19(27)13-15-25(18,2)22(20)14-16-26(21,23)3;1-17-8-6-13(22)10-12(17)4-5-15-14-7-9-19(3,24)18(14,2)11-16(23)20(15,17)21;1-18-9-6-14(21)12-13(18)4-5-15-16(18)7-10-19(2)17(15)8-11-20(19,3)22;1-18-9-7-13(20)11-12(18)3-4-14-15-5-6-17(21)19(15,2)10-8-16(14)18/h17,20-23H,4-16H2,1-3H3;10,14-16,23-24H,4-9,11H2,1-3H3;12,15-17,22H,4-11H2,1-3H3;11,14-17,21H,3-10H2,1-2H3/t20-,21-,22-,23-,25-,26-;14-,15-,16-,17-,18-,19-,20-;15-,16+,17+,18+,19+,20+;14-,15-,16-,17-,18-,19-/m0010/s1. The van der Waals surface area contributed by atoms with E-state index in [0.29, 0.717) is 79.5 Å². The topological polar surface area (TPSA) is 176 Å². The van der Waals surface area contributed by atoms with Gasteiger partial charge in [0.25, 0.3) is 0 Å². The number of hydrogen-bond donors (Lipinski definition) is 4. The number of alkyl halides is 1. The fraction of sp³-hybridized carbons (Fsp3) is 0.847. The molecule has 534 valence electrons. The molecule has 0 spiro atoms. The predicted octanol–water partition coefficient (Wildman–Crippen LogP) is 17.9. The van der Waals surface area contributed by atoms with Crippen LogP contribution >= 0.6 is 0 Å². The van der Waals surface area contributed by atoms with E-state index in [1.807, 2.05) is 39.0 Å². The highest BCUT2D eigenvalue weighted by atomic mass is 19.1. The summed E-state index contributed by atoms with van der Waals surface area (Å²) in [6, 6.07) is 0. The van der Waals surface area contributed by atoms with Gasteiger partial charge in [-0.3, -0.25) is 24.0 Å². The molecule has 0 heterocycles. The fourth-order valence-corrected chi connectivity index (χ4v) is 27.7. The summed E-state index contributed by atoms with van der Waals surface area (Å²) >= 11 is 0. The molecule has 0 aromatic carbocycles. The monoisotopic (exact) mass is 1330 g/mol. The van der Waals surface area contributed by atoms with Gasteiger partial charge in [-0.05, 0) is 304 Å². The molecule has 16 aliphatic rings. The van der Waals surface area contributed by atoms with Crippen LogP contribution in [0.2, 0.25) is 0 Å². The van der Waals surface area contributed by atoms with Crippen molar-refractivity contribution in [2.75, 3.05) is 0 Å². The first-order valence-corrected chi connectivity index (χ1v) is 39.8. The second-order valence-corrected chi connectivity index (χ2v) is 38.2. The van der Waals surface area contributed by atoms with Crippen LogP contribution in [0.15, 0.2) is 46.6 Å². The minimum Gasteiger partial charge on any atom is -0.462 e. The average Bonchev–Trinajstić information content (AvgIpc) is 1.20. The molecule has 0 saturated heterocycles. The maximum Gasteiger partial charge on any atom is 0.306 e. The van der Waals surface area contributed by atoms with E-state index in [1.165, 1.54) is 100 Å². The zero-order valence-corrected chi connectivity index (χ0v) is 61.5. The zero-order chi connectivity index (χ0) is 68.8. The third-order valence-corrected chi connectivity index (χ3v) is 34.4. The van der Waals surface area contributed by atoms with E-state index in [0.717, 1.165) is 144 Å². The lowest BCUT2D eigenvalue weighted by Crippen LogP contribution is -2.68. The minimum absolute atomic E-state index is 0.0294. The number of rotatable bonds is 6. The quantitative estimate of drug-likeness (QED) is 0.148. The fourth-order valence-electron chi connectivity index (χ4n) is 27.7. The normalized spacial score (nSPS) is 50.7. The number of esters is 1. The highest BCUT2D eigenvalue weighted by molar-refractivity contribution is 5.93. The third-order valence-electron chi connectivity index (χ3n) is 34.4. The largest absolute Gasteiger partial charge is 0.462 e. The van der Waals surface area contributed by atoms with Crippen LogP contribution in [0, 0.1) is 108 Å². The van der Waals surface area contributed by atoms with Crippen LogP contribution in [0.3, 0.4) is 0 Å². The molecule has 25 atom stereocenters. The lowest BCUT2D eigenvalue weighted by Gasteiger charge is -2.63. The molecule has 0 amide bonds. The van der Waals surface area contributed by atoms with Gasteiger partial charge in [-0.25, -0.2) is 4.39 Å². The number of aliphatic hydroxyl groups is 4. The van der Waals surface area contributed by atoms with Gasteiger partial charge < -0.3 is 25.2 Å². The van der Waals surface area contributed by atoms with Crippen LogP contribution in [-0.4, -0.2) is 84.7 Å². The van der Waals surface area contributed by atoms with E-state index in [9.17, 15) is 44.4 Å². The van der Waals surface area contributed by atoms with Crippen LogP contribution in [0.4, 0.5) is 4.39 Å². The van der Waals surface area contributed by atoms with E-state index in [2.05, 4.69) is 55.4 Å². The lowest BCUT2D eigenvalue weighted by atomic mass is 9.44. The molecule has 16 rings (SSSR count). The number of unbranched alkanes of at least 4 members (excludes halogenated alkanes) is 3. The number of allylic oxidation sites excluding steroid dienone is 4. The maximum atomic E-state index is 16.6. The van der Waals surface area contributed by atoms with Gasteiger partial charge in [-0.1, -0.05) is 104 Å². The maximum absolute atomic E-state index is 16.6. The molecule has 11 heteroatoms. The molecule has 16 aliphatic carbocycles. The summed E-state index contributed by atoms with van der Waals surface area (Å²) in [6.45, 7) is 24.5. The summed E-state index contributed by atoms with van der Waals surface area (Å²) in [4.78, 5) is 59.9. The predicted molar refractivity (Wildman–Crippen MR) is 374 cm³/mol. The molecule has 0 aromatic heterocycles. The van der Waals surface area contributed by atoms with Crippen molar-refractivity contribution in [3.05, 3.63) is 46.6 Å². The van der Waals surface area contributed by atoms with Crippen LogP contribution in [0.1, 0.15) is 307 Å². The van der Waals surface area contributed by atoms with Crippen LogP contribution in [0.25, 0.3) is 0 Å². The van der Waals surface area contributed by atoms with Crippen molar-refractivity contribution in [1.29, 1.82) is 0 Å². The molecular weight excluding hydrogens is 1200 g/mol. The smallest absolute Gasteiger partial charge is 0.306 e. The Labute approximate surface area is 577 Å². The van der Waals surface area contributed by atoms with Crippen LogP contribution in [0.5, 0.6) is 0 Å². The molecule has 12 saturated carbocycles. The minimum atomic E-state index is -1.69. The number of ether oxygens (including phenoxy) is 1. The second-order valence-electron chi connectivity index (χ2n) is 38.2. The first kappa shape index (κ1) is 71.3. The van der Waals surface area contributed by atoms with Crippen LogP contribution < -0.4 is 0 Å². The Morgan fingerprint density at radius 1 is 0.427 bits per heavy atom. The first-order chi connectivity index (χ1) is 45.2. The highest BCUT2D eigenvalue weighted by Gasteiger charge is 2.73. The Hall–Kier alpha value is -3.12. The number of ketones is 4. The third kappa shape index (κ3) is 11.1. The van der Waals surface area contributed by atoms with Gasteiger partial charge in [0.15, 0.2) is 23.1 Å². The first-order valence-electron chi connectivity index (χ1n) is 39.8. The highest BCUT2D eigenvalue weighted by Crippen LogP contribution is 2.73. The van der Waals surface area contributed by atoms with Crippen molar-refractivity contribution in [2.45, 2.75) is 342 Å². The van der Waals surface area contributed by atoms with Gasteiger partial charge in [0.05, 0.1) is 23.4 Å². The Kier molecular flexibility index (Phi) is 18.9. The van der Waals surface area contributed by atoms with Crippen molar-refractivity contribution in [3.8, 4) is 0 Å². The molecule has 0 radical (unpaired) electrons. The van der Waals surface area contributed by atoms with Crippen molar-refractivity contribution >= 4 is 29.1 Å². The number of carbonyl (C=O) groups is 5. The van der Waals surface area contributed by atoms with E-state index in [1.54, 1.807) is 6.08 Å². The molecule has 96 heavy (non-hydrogen) atoms. The molecule has 0 aliphatic heterocycles. The van der Waals surface area contributed by atoms with Crippen LogP contribution in [-0.2, 0) is 28.7 Å². The Bertz CT molecular complexity index is 3190. The van der Waals surface area contributed by atoms with Crippen molar-refractivity contribution in [2.24, 2.45) is 108 Å². The van der Waals surface area contributed by atoms with Gasteiger partial charge >= 0.3 is 5.97 Å². The molecule has 10 nitrogen and oxygen atoms in total. The summed E-state index contributed by atoms with van der Waals surface area (Å²) < 4.78 is 22.7. The van der Waals surface area contributed by atoms with E-state index >= 15 is 4.39 Å². The van der Waals surface area contributed by atoms with Crippen molar-refractivity contribution in [3.63, 3.8) is 0 Å². The van der Waals surface area contributed by atoms with Gasteiger partial charge in [-0.2, -0.15) is 0 Å². The number of fused-ring (bicyclic) bond motifs is 20.